The van der Waals surface area contributed by atoms with E-state index in [0.717, 1.165) is 0 Å². The lowest BCUT2D eigenvalue weighted by Crippen LogP contribution is -2.29. The Kier molecular flexibility index (Phi) is 7.54. The van der Waals surface area contributed by atoms with Crippen molar-refractivity contribution in [2.75, 3.05) is 32.7 Å². The molecule has 0 aliphatic heterocycles. The number of methoxy groups -OCH3 is 2. The molecule has 4 N–H and O–H groups in total. The number of hydrogen-bond donors (Lipinski definition) is 3. The van der Waals surface area contributed by atoms with E-state index in [1.807, 2.05) is 0 Å². The van der Waals surface area contributed by atoms with Gasteiger partial charge in [-0.3, -0.25) is 4.79 Å². The lowest BCUT2D eigenvalue weighted by molar-refractivity contribution is 0.0997. The number of carbonyl (C=O) groups excluding carboxylic acids is 2. The molecule has 0 aromatic heterocycles. The average molecular weight is 383 g/mol. The molecule has 0 saturated carbocycles. The van der Waals surface area contributed by atoms with Crippen molar-refractivity contribution >= 4 is 17.6 Å². The number of carbonyl (C=O) groups is 2. The summed E-state index contributed by atoms with van der Waals surface area (Å²) in [5.74, 6) is 6.41. The topological polar surface area (TPSA) is 112 Å². The fourth-order valence-electron chi connectivity index (χ4n) is 2.20. The van der Waals surface area contributed by atoms with Crippen LogP contribution in [0.25, 0.3) is 0 Å². The van der Waals surface area contributed by atoms with Crippen molar-refractivity contribution in [3.05, 3.63) is 48.0 Å². The lowest BCUT2D eigenvalue weighted by atomic mass is 10.2. The molecule has 28 heavy (non-hydrogen) atoms. The van der Waals surface area contributed by atoms with Gasteiger partial charge in [0.15, 0.2) is 0 Å². The quantitative estimate of drug-likeness (QED) is 0.633. The number of benzene rings is 2. The van der Waals surface area contributed by atoms with Crippen molar-refractivity contribution in [1.82, 2.24) is 5.32 Å². The number of nitrogens with two attached hydrogens (primary N) is 1. The van der Waals surface area contributed by atoms with E-state index in [9.17, 15) is 9.59 Å². The van der Waals surface area contributed by atoms with Gasteiger partial charge in [0, 0.05) is 23.9 Å². The van der Waals surface area contributed by atoms with Crippen LogP contribution in [0.1, 0.15) is 10.4 Å². The molecule has 0 aliphatic carbocycles. The second-order valence-corrected chi connectivity index (χ2v) is 5.41. The first kappa shape index (κ1) is 20.5. The average Bonchev–Trinajstić information content (AvgIpc) is 2.70. The standard InChI is InChI=1S/C20H21N3O5/c1-26-15-11-14(12-16(13-15)27-2)23-20(25)22-9-5-6-10-28-18-8-4-3-7-17(18)19(21)24/h3-4,7-8,11-13H,9-10H2,1-2H3,(H2,21,24)(H2,22,23,25). The SMILES string of the molecule is COc1cc(NC(=O)NCC#CCOc2ccccc2C(N)=O)cc(OC)c1. The van der Waals surface area contributed by atoms with Gasteiger partial charge in [-0.25, -0.2) is 4.79 Å². The zero-order valence-electron chi connectivity index (χ0n) is 15.6. The monoisotopic (exact) mass is 383 g/mol. The maximum Gasteiger partial charge on any atom is 0.319 e. The first-order valence-corrected chi connectivity index (χ1v) is 8.28. The molecule has 0 spiro atoms. The molecule has 2 rings (SSSR count). The summed E-state index contributed by atoms with van der Waals surface area (Å²) in [6.07, 6.45) is 0. The highest BCUT2D eigenvalue weighted by molar-refractivity contribution is 5.95. The fourth-order valence-corrected chi connectivity index (χ4v) is 2.20. The Morgan fingerprint density at radius 1 is 1.04 bits per heavy atom. The predicted molar refractivity (Wildman–Crippen MR) is 105 cm³/mol. The van der Waals surface area contributed by atoms with Gasteiger partial charge in [0.05, 0.1) is 26.3 Å². The normalized spacial score (nSPS) is 9.50. The van der Waals surface area contributed by atoms with Gasteiger partial charge in [0.2, 0.25) is 0 Å². The molecule has 0 heterocycles. The summed E-state index contributed by atoms with van der Waals surface area (Å²) in [5.41, 5.74) is 6.08. The Labute approximate surface area is 163 Å². The first-order chi connectivity index (χ1) is 13.5. The number of hydrogen-bond acceptors (Lipinski definition) is 5. The van der Waals surface area contributed by atoms with Crippen LogP contribution in [0.5, 0.6) is 17.2 Å². The van der Waals surface area contributed by atoms with Gasteiger partial charge >= 0.3 is 6.03 Å². The number of amides is 3. The molecule has 0 atom stereocenters. The molecule has 0 unspecified atom stereocenters. The Morgan fingerprint density at radius 3 is 2.36 bits per heavy atom. The third-order valence-corrected chi connectivity index (χ3v) is 3.52. The summed E-state index contributed by atoms with van der Waals surface area (Å²) in [6, 6.07) is 11.2. The molecule has 146 valence electrons. The van der Waals surface area contributed by atoms with Crippen LogP contribution in [0.2, 0.25) is 0 Å². The molecule has 0 saturated heterocycles. The van der Waals surface area contributed by atoms with Crippen LogP contribution in [0.3, 0.4) is 0 Å². The van der Waals surface area contributed by atoms with Crippen LogP contribution in [-0.4, -0.2) is 39.3 Å². The van der Waals surface area contributed by atoms with Gasteiger partial charge in [0.1, 0.15) is 23.9 Å². The first-order valence-electron chi connectivity index (χ1n) is 8.28. The number of para-hydroxylation sites is 1. The summed E-state index contributed by atoms with van der Waals surface area (Å²) >= 11 is 0. The van der Waals surface area contributed by atoms with Crippen LogP contribution in [0, 0.1) is 11.8 Å². The second-order valence-electron chi connectivity index (χ2n) is 5.41. The van der Waals surface area contributed by atoms with E-state index in [-0.39, 0.29) is 18.7 Å². The molecule has 0 radical (unpaired) electrons. The van der Waals surface area contributed by atoms with Crippen molar-refractivity contribution in [1.29, 1.82) is 0 Å². The van der Waals surface area contributed by atoms with E-state index >= 15 is 0 Å². The number of urea groups is 1. The minimum atomic E-state index is -0.573. The number of primary amides is 1. The van der Waals surface area contributed by atoms with E-state index in [0.29, 0.717) is 22.9 Å². The number of anilines is 1. The van der Waals surface area contributed by atoms with Gasteiger partial charge in [-0.2, -0.15) is 0 Å². The van der Waals surface area contributed by atoms with Crippen LogP contribution in [0.15, 0.2) is 42.5 Å². The number of rotatable bonds is 7. The molecule has 2 aromatic rings. The van der Waals surface area contributed by atoms with Gasteiger partial charge in [-0.15, -0.1) is 0 Å². The minimum absolute atomic E-state index is 0.0562. The molecule has 3 amide bonds. The summed E-state index contributed by atoms with van der Waals surface area (Å²) in [5, 5.41) is 5.27. The largest absolute Gasteiger partial charge is 0.497 e. The molecule has 0 aliphatic rings. The van der Waals surface area contributed by atoms with Crippen LogP contribution in [0.4, 0.5) is 10.5 Å². The van der Waals surface area contributed by atoms with Gasteiger partial charge in [-0.1, -0.05) is 24.0 Å². The molecule has 8 heteroatoms. The molecule has 2 aromatic carbocycles. The van der Waals surface area contributed by atoms with Crippen LogP contribution < -0.4 is 30.6 Å². The molecule has 0 bridgehead atoms. The maximum atomic E-state index is 11.9. The highest BCUT2D eigenvalue weighted by Crippen LogP contribution is 2.25. The summed E-state index contributed by atoms with van der Waals surface area (Å²) in [7, 11) is 3.05. The molecular weight excluding hydrogens is 362 g/mol. The third-order valence-electron chi connectivity index (χ3n) is 3.52. The molecule has 8 nitrogen and oxygen atoms in total. The van der Waals surface area contributed by atoms with E-state index in [2.05, 4.69) is 22.5 Å². The maximum absolute atomic E-state index is 11.9. The van der Waals surface area contributed by atoms with Crippen LogP contribution >= 0.6 is 0 Å². The Bertz CT molecular complexity index is 880. The van der Waals surface area contributed by atoms with Crippen molar-refractivity contribution in [3.8, 4) is 29.1 Å². The fraction of sp³-hybridized carbons (Fsp3) is 0.200. The predicted octanol–water partition coefficient (Wildman–Crippen LogP) is 2.01. The van der Waals surface area contributed by atoms with Crippen LogP contribution in [-0.2, 0) is 0 Å². The van der Waals surface area contributed by atoms with Crippen molar-refractivity contribution in [2.45, 2.75) is 0 Å². The highest BCUT2D eigenvalue weighted by atomic mass is 16.5. The van der Waals surface area contributed by atoms with E-state index < -0.39 is 11.9 Å². The Morgan fingerprint density at radius 2 is 1.71 bits per heavy atom. The van der Waals surface area contributed by atoms with Gasteiger partial charge in [0.25, 0.3) is 5.91 Å². The summed E-state index contributed by atoms with van der Waals surface area (Å²) in [6.45, 7) is 0.175. The molecule has 0 fully saturated rings. The van der Waals surface area contributed by atoms with Gasteiger partial charge in [-0.05, 0) is 12.1 Å². The van der Waals surface area contributed by atoms with Crippen molar-refractivity contribution < 1.29 is 23.8 Å². The zero-order valence-corrected chi connectivity index (χ0v) is 15.6. The summed E-state index contributed by atoms with van der Waals surface area (Å²) < 4.78 is 15.7. The van der Waals surface area contributed by atoms with E-state index in [1.54, 1.807) is 42.5 Å². The third kappa shape index (κ3) is 6.14. The summed E-state index contributed by atoms with van der Waals surface area (Å²) in [4.78, 5) is 23.2. The lowest BCUT2D eigenvalue weighted by Gasteiger charge is -2.09. The Balaban J connectivity index is 1.80. The second kappa shape index (κ2) is 10.3. The van der Waals surface area contributed by atoms with Crippen molar-refractivity contribution in [2.24, 2.45) is 5.73 Å². The number of ether oxygens (including phenoxy) is 3. The van der Waals surface area contributed by atoms with E-state index in [4.69, 9.17) is 19.9 Å². The smallest absolute Gasteiger partial charge is 0.319 e. The van der Waals surface area contributed by atoms with E-state index in [1.165, 1.54) is 14.2 Å². The highest BCUT2D eigenvalue weighted by Gasteiger charge is 2.07. The molecular formula is C20H21N3O5. The minimum Gasteiger partial charge on any atom is -0.497 e. The number of nitrogens with one attached hydrogen (secondary N) is 2. The zero-order chi connectivity index (χ0) is 20.4. The Hall–Kier alpha value is -3.86. The van der Waals surface area contributed by atoms with Crippen molar-refractivity contribution in [3.63, 3.8) is 0 Å². The van der Waals surface area contributed by atoms with Gasteiger partial charge < -0.3 is 30.6 Å².